The fourth-order valence-corrected chi connectivity index (χ4v) is 2.56. The highest BCUT2D eigenvalue weighted by molar-refractivity contribution is 5.95. The van der Waals surface area contributed by atoms with E-state index in [9.17, 15) is 18.0 Å². The van der Waals surface area contributed by atoms with Crippen molar-refractivity contribution in [3.8, 4) is 0 Å². The number of hydrogen-bond donors (Lipinski definition) is 3. The summed E-state index contributed by atoms with van der Waals surface area (Å²) in [5.41, 5.74) is 0.519. The molecule has 8 heteroatoms. The van der Waals surface area contributed by atoms with E-state index >= 15 is 0 Å². The van der Waals surface area contributed by atoms with Gasteiger partial charge >= 0.3 is 6.18 Å². The Hall–Kier alpha value is -2.61. The van der Waals surface area contributed by atoms with E-state index in [1.807, 2.05) is 0 Å². The molecule has 0 radical (unpaired) electrons. The Bertz CT molecular complexity index is 723. The maximum Gasteiger partial charge on any atom is 0.417 e. The number of rotatable bonds is 4. The Labute approximate surface area is 142 Å². The molecule has 1 amide bonds. The summed E-state index contributed by atoms with van der Waals surface area (Å²) < 4.78 is 37.5. The SMILES string of the molecule is O=C(Nc1ccc(Nc2ccc(C(F)(F)F)cn2)cc1)C1CCCN1. The van der Waals surface area contributed by atoms with E-state index in [0.29, 0.717) is 17.2 Å². The van der Waals surface area contributed by atoms with Crippen LogP contribution in [0.2, 0.25) is 0 Å². The van der Waals surface area contributed by atoms with Crippen molar-refractivity contribution in [1.29, 1.82) is 0 Å². The number of alkyl halides is 3. The molecule has 3 rings (SSSR count). The van der Waals surface area contributed by atoms with Crippen molar-refractivity contribution in [1.82, 2.24) is 10.3 Å². The van der Waals surface area contributed by atoms with Crippen molar-refractivity contribution in [3.05, 3.63) is 48.2 Å². The van der Waals surface area contributed by atoms with Gasteiger partial charge in [0.25, 0.3) is 0 Å². The normalized spacial score (nSPS) is 17.3. The minimum atomic E-state index is -4.40. The monoisotopic (exact) mass is 350 g/mol. The van der Waals surface area contributed by atoms with E-state index in [1.165, 1.54) is 6.07 Å². The minimum Gasteiger partial charge on any atom is -0.340 e. The average molecular weight is 350 g/mol. The molecule has 0 spiro atoms. The number of carbonyl (C=O) groups excluding carboxylic acids is 1. The number of aromatic nitrogens is 1. The highest BCUT2D eigenvalue weighted by atomic mass is 19.4. The molecule has 0 aliphatic carbocycles. The molecule has 1 aliphatic rings. The number of benzene rings is 1. The lowest BCUT2D eigenvalue weighted by Gasteiger charge is -2.12. The number of nitrogens with zero attached hydrogens (tertiary/aromatic N) is 1. The third kappa shape index (κ3) is 4.48. The molecule has 1 aliphatic heterocycles. The first-order valence-corrected chi connectivity index (χ1v) is 7.86. The number of hydrogen-bond acceptors (Lipinski definition) is 4. The van der Waals surface area contributed by atoms with Crippen molar-refractivity contribution in [2.24, 2.45) is 0 Å². The molecular weight excluding hydrogens is 333 g/mol. The van der Waals surface area contributed by atoms with Gasteiger partial charge in [0.2, 0.25) is 5.91 Å². The van der Waals surface area contributed by atoms with Crippen LogP contribution in [-0.2, 0) is 11.0 Å². The number of amides is 1. The number of carbonyl (C=O) groups is 1. The zero-order valence-electron chi connectivity index (χ0n) is 13.2. The number of pyridine rings is 1. The molecule has 1 saturated heterocycles. The average Bonchev–Trinajstić information content (AvgIpc) is 3.11. The van der Waals surface area contributed by atoms with Gasteiger partial charge in [-0.25, -0.2) is 4.98 Å². The second kappa shape index (κ2) is 7.10. The summed E-state index contributed by atoms with van der Waals surface area (Å²) >= 11 is 0. The van der Waals surface area contributed by atoms with Gasteiger partial charge < -0.3 is 16.0 Å². The Morgan fingerprint density at radius 2 is 1.84 bits per heavy atom. The molecule has 2 heterocycles. The van der Waals surface area contributed by atoms with Gasteiger partial charge in [-0.15, -0.1) is 0 Å². The molecule has 1 aromatic heterocycles. The van der Waals surface area contributed by atoms with E-state index in [0.717, 1.165) is 31.6 Å². The lowest BCUT2D eigenvalue weighted by molar-refractivity contribution is -0.137. The Morgan fingerprint density at radius 3 is 2.40 bits per heavy atom. The van der Waals surface area contributed by atoms with E-state index in [2.05, 4.69) is 20.9 Å². The van der Waals surface area contributed by atoms with Crippen LogP contribution in [0.5, 0.6) is 0 Å². The molecule has 132 valence electrons. The summed E-state index contributed by atoms with van der Waals surface area (Å²) in [6.07, 6.45) is -1.81. The van der Waals surface area contributed by atoms with Crippen LogP contribution in [0.25, 0.3) is 0 Å². The quantitative estimate of drug-likeness (QED) is 0.789. The van der Waals surface area contributed by atoms with Gasteiger partial charge in [0, 0.05) is 17.6 Å². The summed E-state index contributed by atoms with van der Waals surface area (Å²) in [6, 6.07) is 8.96. The Balaban J connectivity index is 1.59. The standard InChI is InChI=1S/C17H17F3N4O/c18-17(19,20)11-3-8-15(22-10-11)23-12-4-6-13(7-5-12)24-16(25)14-2-1-9-21-14/h3-8,10,14,21H,1-2,9H2,(H,22,23)(H,24,25). The molecule has 0 saturated carbocycles. The molecule has 1 atom stereocenters. The van der Waals surface area contributed by atoms with Gasteiger partial charge in [-0.2, -0.15) is 13.2 Å². The predicted octanol–water partition coefficient (Wildman–Crippen LogP) is 3.53. The van der Waals surface area contributed by atoms with Crippen molar-refractivity contribution in [3.63, 3.8) is 0 Å². The molecule has 0 bridgehead atoms. The van der Waals surface area contributed by atoms with Crippen LogP contribution in [0.1, 0.15) is 18.4 Å². The number of halogens is 3. The molecule has 1 aromatic carbocycles. The van der Waals surface area contributed by atoms with Crippen LogP contribution in [-0.4, -0.2) is 23.5 Å². The zero-order valence-corrected chi connectivity index (χ0v) is 13.2. The van der Waals surface area contributed by atoms with Crippen LogP contribution in [0.4, 0.5) is 30.4 Å². The summed E-state index contributed by atoms with van der Waals surface area (Å²) in [5, 5.41) is 8.87. The van der Waals surface area contributed by atoms with Gasteiger partial charge in [-0.3, -0.25) is 4.79 Å². The topological polar surface area (TPSA) is 66.0 Å². The first kappa shape index (κ1) is 17.2. The van der Waals surface area contributed by atoms with Crippen LogP contribution in [0, 0.1) is 0 Å². The summed E-state index contributed by atoms with van der Waals surface area (Å²) in [5.74, 6) is 0.238. The minimum absolute atomic E-state index is 0.0670. The lowest BCUT2D eigenvalue weighted by atomic mass is 10.2. The third-order valence-electron chi connectivity index (χ3n) is 3.89. The highest BCUT2D eigenvalue weighted by Gasteiger charge is 2.30. The fraction of sp³-hybridized carbons (Fsp3) is 0.294. The number of nitrogens with one attached hydrogen (secondary N) is 3. The fourth-order valence-electron chi connectivity index (χ4n) is 2.56. The smallest absolute Gasteiger partial charge is 0.340 e. The third-order valence-corrected chi connectivity index (χ3v) is 3.89. The van der Waals surface area contributed by atoms with E-state index in [4.69, 9.17) is 0 Å². The molecule has 2 aromatic rings. The van der Waals surface area contributed by atoms with Crippen molar-refractivity contribution in [2.75, 3.05) is 17.2 Å². The molecule has 1 fully saturated rings. The summed E-state index contributed by atoms with van der Waals surface area (Å²) in [6.45, 7) is 0.848. The molecule has 1 unspecified atom stereocenters. The summed E-state index contributed by atoms with van der Waals surface area (Å²) in [4.78, 5) is 15.8. The van der Waals surface area contributed by atoms with Crippen LogP contribution >= 0.6 is 0 Å². The molecule has 3 N–H and O–H groups in total. The first-order chi connectivity index (χ1) is 11.9. The van der Waals surface area contributed by atoms with E-state index in [-0.39, 0.29) is 11.9 Å². The van der Waals surface area contributed by atoms with Crippen molar-refractivity contribution in [2.45, 2.75) is 25.1 Å². The van der Waals surface area contributed by atoms with Crippen molar-refractivity contribution >= 4 is 23.1 Å². The Morgan fingerprint density at radius 1 is 1.12 bits per heavy atom. The molecule has 5 nitrogen and oxygen atoms in total. The zero-order chi connectivity index (χ0) is 17.9. The first-order valence-electron chi connectivity index (χ1n) is 7.86. The highest BCUT2D eigenvalue weighted by Crippen LogP contribution is 2.29. The maximum absolute atomic E-state index is 12.5. The van der Waals surface area contributed by atoms with E-state index < -0.39 is 11.7 Å². The van der Waals surface area contributed by atoms with Crippen LogP contribution < -0.4 is 16.0 Å². The van der Waals surface area contributed by atoms with Gasteiger partial charge in [0.15, 0.2) is 0 Å². The van der Waals surface area contributed by atoms with Gasteiger partial charge in [-0.1, -0.05) is 0 Å². The number of anilines is 3. The van der Waals surface area contributed by atoms with Gasteiger partial charge in [0.1, 0.15) is 5.82 Å². The largest absolute Gasteiger partial charge is 0.417 e. The predicted molar refractivity (Wildman–Crippen MR) is 88.6 cm³/mol. The van der Waals surface area contributed by atoms with Gasteiger partial charge in [-0.05, 0) is 55.8 Å². The maximum atomic E-state index is 12.5. The second-order valence-electron chi connectivity index (χ2n) is 5.77. The van der Waals surface area contributed by atoms with Crippen LogP contribution in [0.15, 0.2) is 42.6 Å². The lowest BCUT2D eigenvalue weighted by Crippen LogP contribution is -2.35. The van der Waals surface area contributed by atoms with E-state index in [1.54, 1.807) is 24.3 Å². The second-order valence-corrected chi connectivity index (χ2v) is 5.77. The van der Waals surface area contributed by atoms with Gasteiger partial charge in [0.05, 0.1) is 11.6 Å². The Kier molecular flexibility index (Phi) is 4.89. The van der Waals surface area contributed by atoms with Crippen molar-refractivity contribution < 1.29 is 18.0 Å². The molecule has 25 heavy (non-hydrogen) atoms. The molecular formula is C17H17F3N4O. The summed E-state index contributed by atoms with van der Waals surface area (Å²) in [7, 11) is 0. The van der Waals surface area contributed by atoms with Crippen LogP contribution in [0.3, 0.4) is 0 Å².